The lowest BCUT2D eigenvalue weighted by Crippen LogP contribution is -1.90. The van der Waals surface area contributed by atoms with E-state index in [2.05, 4.69) is 0 Å². The second-order valence-corrected chi connectivity index (χ2v) is 2.90. The Balaban J connectivity index is 2.88. The fourth-order valence-corrected chi connectivity index (χ4v) is 1.05. The van der Waals surface area contributed by atoms with Crippen LogP contribution in [-0.4, -0.2) is 17.4 Å². The molecule has 0 heterocycles. The van der Waals surface area contributed by atoms with Gasteiger partial charge in [0.25, 0.3) is 0 Å². The Hall–Kier alpha value is -1.97. The third-order valence-electron chi connectivity index (χ3n) is 1.75. The number of rotatable bonds is 4. The van der Waals surface area contributed by atoms with Gasteiger partial charge in [0.2, 0.25) is 0 Å². The number of aliphatic carboxylic acids is 1. The van der Waals surface area contributed by atoms with Crippen LogP contribution in [0.2, 0.25) is 0 Å². The molecule has 78 valence electrons. The summed E-state index contributed by atoms with van der Waals surface area (Å²) in [6, 6.07) is 3.89. The zero-order valence-electron chi connectivity index (χ0n) is 7.81. The first-order chi connectivity index (χ1) is 7.13. The molecule has 1 aromatic carbocycles. The van der Waals surface area contributed by atoms with Gasteiger partial charge < -0.3 is 5.11 Å². The quantitative estimate of drug-likeness (QED) is 0.771. The molecule has 0 fully saturated rings. The number of carboxylic acid groups (broad SMARTS) is 1. The van der Waals surface area contributed by atoms with Crippen LogP contribution in [0.5, 0.6) is 0 Å². The Labute approximate surface area is 85.8 Å². The van der Waals surface area contributed by atoms with Crippen molar-refractivity contribution in [1.29, 1.82) is 0 Å². The summed E-state index contributed by atoms with van der Waals surface area (Å²) in [7, 11) is 0. The maximum absolute atomic E-state index is 13.1. The van der Waals surface area contributed by atoms with Gasteiger partial charge in [0, 0.05) is 11.1 Å². The molecule has 3 nitrogen and oxygen atoms in total. The van der Waals surface area contributed by atoms with Gasteiger partial charge in [-0.2, -0.15) is 0 Å². The van der Waals surface area contributed by atoms with E-state index in [0.717, 1.165) is 0 Å². The molecule has 0 saturated heterocycles. The first-order valence-electron chi connectivity index (χ1n) is 4.26. The average molecular weight is 208 g/mol. The smallest absolute Gasteiger partial charge is 0.307 e. The van der Waals surface area contributed by atoms with Crippen LogP contribution in [0.4, 0.5) is 4.39 Å². The van der Waals surface area contributed by atoms with Crippen molar-refractivity contribution in [3.05, 3.63) is 41.2 Å². The SMILES string of the molecule is O=Cc1ccc(F)c(C=CCC(=O)O)c1. The van der Waals surface area contributed by atoms with Crippen LogP contribution in [0.3, 0.4) is 0 Å². The van der Waals surface area contributed by atoms with E-state index in [1.54, 1.807) is 0 Å². The monoisotopic (exact) mass is 208 g/mol. The largest absolute Gasteiger partial charge is 0.481 e. The number of halogens is 1. The van der Waals surface area contributed by atoms with E-state index < -0.39 is 11.8 Å². The molecule has 4 heteroatoms. The van der Waals surface area contributed by atoms with Gasteiger partial charge in [-0.3, -0.25) is 9.59 Å². The molecule has 0 bridgehead atoms. The van der Waals surface area contributed by atoms with E-state index in [-0.39, 0.29) is 12.0 Å². The van der Waals surface area contributed by atoms with E-state index in [9.17, 15) is 14.0 Å². The number of benzene rings is 1. The molecule has 0 amide bonds. The van der Waals surface area contributed by atoms with Crippen molar-refractivity contribution in [1.82, 2.24) is 0 Å². The van der Waals surface area contributed by atoms with E-state index in [1.165, 1.54) is 30.4 Å². The fraction of sp³-hybridized carbons (Fsp3) is 0.0909. The van der Waals surface area contributed by atoms with E-state index in [1.807, 2.05) is 0 Å². The van der Waals surface area contributed by atoms with E-state index in [0.29, 0.717) is 11.8 Å². The molecular weight excluding hydrogens is 199 g/mol. The Bertz CT molecular complexity index is 410. The van der Waals surface area contributed by atoms with Crippen molar-refractivity contribution < 1.29 is 19.1 Å². The fourth-order valence-electron chi connectivity index (χ4n) is 1.05. The molecule has 1 rings (SSSR count). The highest BCUT2D eigenvalue weighted by atomic mass is 19.1. The van der Waals surface area contributed by atoms with Gasteiger partial charge in [0.1, 0.15) is 12.1 Å². The number of aldehydes is 1. The minimum Gasteiger partial charge on any atom is -0.481 e. The summed E-state index contributed by atoms with van der Waals surface area (Å²) in [5.74, 6) is -1.47. The van der Waals surface area contributed by atoms with Crippen molar-refractivity contribution in [3.63, 3.8) is 0 Å². The van der Waals surface area contributed by atoms with Crippen molar-refractivity contribution in [2.45, 2.75) is 6.42 Å². The second-order valence-electron chi connectivity index (χ2n) is 2.90. The summed E-state index contributed by atoms with van der Waals surface area (Å²) in [6.07, 6.45) is 3.10. The number of carbonyl (C=O) groups is 2. The molecule has 0 aliphatic heterocycles. The highest BCUT2D eigenvalue weighted by Gasteiger charge is 2.00. The normalized spacial score (nSPS) is 10.5. The van der Waals surface area contributed by atoms with Crippen molar-refractivity contribution in [2.75, 3.05) is 0 Å². The van der Waals surface area contributed by atoms with Gasteiger partial charge in [-0.15, -0.1) is 0 Å². The molecule has 0 saturated carbocycles. The number of carbonyl (C=O) groups excluding carboxylic acids is 1. The predicted molar refractivity (Wildman–Crippen MR) is 53.1 cm³/mol. The van der Waals surface area contributed by atoms with Gasteiger partial charge in [-0.05, 0) is 18.2 Å². The summed E-state index contributed by atoms with van der Waals surface area (Å²) in [5.41, 5.74) is 0.562. The molecule has 1 aromatic rings. The Kier molecular flexibility index (Phi) is 3.74. The first kappa shape index (κ1) is 11.1. The summed E-state index contributed by atoms with van der Waals surface area (Å²) >= 11 is 0. The third-order valence-corrected chi connectivity index (χ3v) is 1.75. The number of hydrogen-bond donors (Lipinski definition) is 1. The highest BCUT2D eigenvalue weighted by molar-refractivity contribution is 5.76. The highest BCUT2D eigenvalue weighted by Crippen LogP contribution is 2.11. The molecular formula is C11H9FO3. The predicted octanol–water partition coefficient (Wildman–Crippen LogP) is 2.13. The van der Waals surface area contributed by atoms with Crippen molar-refractivity contribution in [2.24, 2.45) is 0 Å². The molecule has 1 N–H and O–H groups in total. The Morgan fingerprint density at radius 2 is 2.20 bits per heavy atom. The molecule has 0 aliphatic carbocycles. The minimum absolute atomic E-state index is 0.176. The summed E-state index contributed by atoms with van der Waals surface area (Å²) in [5, 5.41) is 8.36. The lowest BCUT2D eigenvalue weighted by Gasteiger charge is -1.97. The minimum atomic E-state index is -0.988. The van der Waals surface area contributed by atoms with Crippen molar-refractivity contribution >= 4 is 18.3 Å². The van der Waals surface area contributed by atoms with Gasteiger partial charge in [0.05, 0.1) is 6.42 Å². The zero-order valence-corrected chi connectivity index (χ0v) is 7.81. The van der Waals surface area contributed by atoms with Crippen LogP contribution >= 0.6 is 0 Å². The Morgan fingerprint density at radius 3 is 2.80 bits per heavy atom. The van der Waals surface area contributed by atoms with Gasteiger partial charge in [-0.25, -0.2) is 4.39 Å². The summed E-state index contributed by atoms with van der Waals surface area (Å²) in [6.45, 7) is 0. The third kappa shape index (κ3) is 3.34. The molecule has 0 unspecified atom stereocenters. The standard InChI is InChI=1S/C11H9FO3/c12-10-5-4-8(7-13)6-9(10)2-1-3-11(14)15/h1-2,4-7H,3H2,(H,14,15). The maximum atomic E-state index is 13.1. The van der Waals surface area contributed by atoms with Crippen LogP contribution < -0.4 is 0 Å². The lowest BCUT2D eigenvalue weighted by atomic mass is 10.1. The first-order valence-corrected chi connectivity index (χ1v) is 4.26. The molecule has 0 aliphatic rings. The molecule has 0 radical (unpaired) electrons. The second kappa shape index (κ2) is 5.05. The Morgan fingerprint density at radius 1 is 1.47 bits per heavy atom. The van der Waals surface area contributed by atoms with Crippen molar-refractivity contribution in [3.8, 4) is 0 Å². The van der Waals surface area contributed by atoms with Gasteiger partial charge in [0.15, 0.2) is 0 Å². The van der Waals surface area contributed by atoms with Gasteiger partial charge in [-0.1, -0.05) is 12.2 Å². The van der Waals surface area contributed by atoms with Gasteiger partial charge >= 0.3 is 5.97 Å². The van der Waals surface area contributed by atoms with E-state index >= 15 is 0 Å². The van der Waals surface area contributed by atoms with Crippen LogP contribution in [0.1, 0.15) is 22.3 Å². The van der Waals surface area contributed by atoms with Crippen LogP contribution in [0.15, 0.2) is 24.3 Å². The number of carboxylic acids is 1. The summed E-state index contributed by atoms with van der Waals surface area (Å²) < 4.78 is 13.1. The molecule has 0 spiro atoms. The molecule has 0 aromatic heterocycles. The maximum Gasteiger partial charge on any atom is 0.307 e. The lowest BCUT2D eigenvalue weighted by molar-refractivity contribution is -0.135. The average Bonchev–Trinajstić information content (AvgIpc) is 2.20. The summed E-state index contributed by atoms with van der Waals surface area (Å²) in [4.78, 5) is 20.6. The number of hydrogen-bond acceptors (Lipinski definition) is 2. The van der Waals surface area contributed by atoms with Crippen LogP contribution in [-0.2, 0) is 4.79 Å². The van der Waals surface area contributed by atoms with Crippen LogP contribution in [0.25, 0.3) is 6.08 Å². The van der Waals surface area contributed by atoms with Crippen LogP contribution in [0, 0.1) is 5.82 Å². The topological polar surface area (TPSA) is 54.4 Å². The zero-order chi connectivity index (χ0) is 11.3. The van der Waals surface area contributed by atoms with E-state index in [4.69, 9.17) is 5.11 Å². The molecule has 0 atom stereocenters. The molecule has 15 heavy (non-hydrogen) atoms.